The minimum atomic E-state index is -1.46. The van der Waals surface area contributed by atoms with Crippen LogP contribution in [-0.4, -0.2) is 78.2 Å². The number of aliphatic hydroxyl groups excluding tert-OH is 2. The molecule has 10 nitrogen and oxygen atoms in total. The summed E-state index contributed by atoms with van der Waals surface area (Å²) in [5, 5.41) is 26.7. The number of fused-ring (bicyclic) bond motifs is 3. The van der Waals surface area contributed by atoms with E-state index >= 15 is 0 Å². The summed E-state index contributed by atoms with van der Waals surface area (Å²) in [6.07, 6.45) is 8.30. The summed E-state index contributed by atoms with van der Waals surface area (Å²) in [5.74, 6) is 0.0413. The molecule has 6 unspecified atom stereocenters. The maximum Gasteiger partial charge on any atom is 0.410 e. The van der Waals surface area contributed by atoms with E-state index in [0.717, 1.165) is 64.3 Å². The van der Waals surface area contributed by atoms with Crippen LogP contribution in [0.3, 0.4) is 0 Å². The van der Waals surface area contributed by atoms with E-state index in [-0.39, 0.29) is 63.0 Å². The molecule has 1 heterocycles. The van der Waals surface area contributed by atoms with Gasteiger partial charge in [-0.3, -0.25) is 4.90 Å². The number of unbranched alkanes of at least 4 members (excludes halogenated alkanes) is 2. The molecule has 1 saturated carbocycles. The Morgan fingerprint density at radius 2 is 1.62 bits per heavy atom. The fraction of sp³-hybridized carbons (Fsp3) is 0.370. The second-order valence-corrected chi connectivity index (χ2v) is 17.4. The molecule has 1 amide bonds. The minimum absolute atomic E-state index is 0.0137. The highest BCUT2D eigenvalue weighted by Crippen LogP contribution is 2.62. The van der Waals surface area contributed by atoms with E-state index in [0.29, 0.717) is 35.8 Å². The molecular formula is C54H59ClN2O8. The fourth-order valence-corrected chi connectivity index (χ4v) is 10.5. The Hall–Kier alpha value is -5.65. The van der Waals surface area contributed by atoms with E-state index in [1.54, 1.807) is 18.1 Å². The summed E-state index contributed by atoms with van der Waals surface area (Å²) in [7, 11) is 1.54. The van der Waals surface area contributed by atoms with Crippen LogP contribution < -0.4 is 9.47 Å². The quantitative estimate of drug-likeness (QED) is 0.0343. The number of carbonyl (C=O) groups excluding carboxylic acids is 1. The van der Waals surface area contributed by atoms with Crippen molar-refractivity contribution in [3.8, 4) is 28.4 Å². The molecule has 5 aromatic carbocycles. The van der Waals surface area contributed by atoms with Gasteiger partial charge in [0.15, 0.2) is 0 Å². The lowest BCUT2D eigenvalue weighted by molar-refractivity contribution is -0.256. The number of benzene rings is 5. The summed E-state index contributed by atoms with van der Waals surface area (Å²) >= 11 is 6.15. The highest BCUT2D eigenvalue weighted by atomic mass is 35.5. The monoisotopic (exact) mass is 898 g/mol. The third-order valence-electron chi connectivity index (χ3n) is 13.2. The average Bonchev–Trinajstić information content (AvgIpc) is 3.34. The number of rotatable bonds is 20. The second kappa shape index (κ2) is 21.6. The topological polar surface area (TPSA) is 119 Å². The summed E-state index contributed by atoms with van der Waals surface area (Å²) in [4.78, 5) is 22.1. The van der Waals surface area contributed by atoms with Crippen molar-refractivity contribution >= 4 is 34.2 Å². The van der Waals surface area contributed by atoms with Crippen LogP contribution in [0.25, 0.3) is 21.9 Å². The molecule has 11 heteroatoms. The lowest BCUT2D eigenvalue weighted by atomic mass is 9.55. The minimum Gasteiger partial charge on any atom is -0.459 e. The molecule has 0 bridgehead atoms. The zero-order chi connectivity index (χ0) is 45.2. The summed E-state index contributed by atoms with van der Waals surface area (Å²) in [5.41, 5.74) is 5.74. The van der Waals surface area contributed by atoms with Crippen LogP contribution in [0.2, 0.25) is 0 Å². The van der Waals surface area contributed by atoms with E-state index in [4.69, 9.17) is 40.5 Å². The van der Waals surface area contributed by atoms with Gasteiger partial charge in [-0.25, -0.2) is 4.79 Å². The number of nitrogens with zero attached hydrogens (tertiary/aromatic N) is 2. The van der Waals surface area contributed by atoms with E-state index in [2.05, 4.69) is 61.2 Å². The molecule has 340 valence electrons. The largest absolute Gasteiger partial charge is 0.459 e. The Bertz CT molecular complexity index is 2450. The van der Waals surface area contributed by atoms with Gasteiger partial charge in [0.2, 0.25) is 5.79 Å². The van der Waals surface area contributed by atoms with Gasteiger partial charge in [0, 0.05) is 31.1 Å². The van der Waals surface area contributed by atoms with Crippen LogP contribution in [0.5, 0.6) is 17.2 Å². The van der Waals surface area contributed by atoms with Crippen molar-refractivity contribution < 1.29 is 38.8 Å². The molecule has 1 fully saturated rings. The Labute approximate surface area is 387 Å². The molecule has 0 saturated heterocycles. The van der Waals surface area contributed by atoms with Gasteiger partial charge < -0.3 is 34.0 Å². The normalized spacial score (nSPS) is 22.6. The van der Waals surface area contributed by atoms with Gasteiger partial charge in [0.1, 0.15) is 37.0 Å². The Morgan fingerprint density at radius 3 is 2.37 bits per heavy atom. The number of alkyl halides is 1. The van der Waals surface area contributed by atoms with Gasteiger partial charge in [0.25, 0.3) is 0 Å². The smallest absolute Gasteiger partial charge is 0.410 e. The van der Waals surface area contributed by atoms with Crippen LogP contribution in [0.1, 0.15) is 62.0 Å². The third kappa shape index (κ3) is 9.82. The molecule has 2 aliphatic carbocycles. The van der Waals surface area contributed by atoms with Gasteiger partial charge in [-0.2, -0.15) is 0 Å². The van der Waals surface area contributed by atoms with Crippen molar-refractivity contribution in [2.24, 2.45) is 22.9 Å². The molecule has 8 rings (SSSR count). The van der Waals surface area contributed by atoms with Crippen LogP contribution in [0.4, 0.5) is 4.79 Å². The molecule has 5 aromatic rings. The Morgan fingerprint density at radius 1 is 0.892 bits per heavy atom. The van der Waals surface area contributed by atoms with Gasteiger partial charge in [-0.05, 0) is 101 Å². The van der Waals surface area contributed by atoms with Crippen LogP contribution in [-0.2, 0) is 20.9 Å². The Balaban J connectivity index is 1.30. The number of halogens is 1. The fourth-order valence-electron chi connectivity index (χ4n) is 10.4. The molecular weight excluding hydrogens is 840 g/mol. The summed E-state index contributed by atoms with van der Waals surface area (Å²) in [6.45, 7) is 4.58. The zero-order valence-electron chi connectivity index (χ0n) is 37.0. The van der Waals surface area contributed by atoms with Crippen LogP contribution >= 0.6 is 11.6 Å². The molecule has 1 aliphatic heterocycles. The zero-order valence-corrected chi connectivity index (χ0v) is 37.8. The van der Waals surface area contributed by atoms with E-state index < -0.39 is 23.8 Å². The van der Waals surface area contributed by atoms with Gasteiger partial charge in [-0.1, -0.05) is 115 Å². The first kappa shape index (κ1) is 45.9. The van der Waals surface area contributed by atoms with Gasteiger partial charge in [0.05, 0.1) is 30.7 Å². The molecule has 0 aromatic heterocycles. The predicted molar refractivity (Wildman–Crippen MR) is 255 cm³/mol. The predicted octanol–water partition coefficient (Wildman–Crippen LogP) is 11.4. The lowest BCUT2D eigenvalue weighted by Gasteiger charge is -2.59. The Kier molecular flexibility index (Phi) is 15.2. The molecule has 2 N–H and O–H groups in total. The molecule has 6 atom stereocenters. The highest BCUT2D eigenvalue weighted by Gasteiger charge is 2.65. The molecule has 0 spiro atoms. The summed E-state index contributed by atoms with van der Waals surface area (Å²) < 4.78 is 27.1. The molecule has 0 radical (unpaired) electrons. The van der Waals surface area contributed by atoms with Gasteiger partial charge >= 0.3 is 6.09 Å². The van der Waals surface area contributed by atoms with Crippen molar-refractivity contribution in [2.75, 3.05) is 39.4 Å². The standard InChI is InChI=1S/C54H59ClN2O8/c1-3-31-63-54-50(57(53(60)62-32-28-55)36-41-19-13-18-39-16-7-8-20-44(39)41)35-48(56-61-2)46-33-40(17-9-11-29-58)45(21-10-12-30-59)51(52(46)54)47-34-43(26-27-49(47)65-54)64-42-24-22-38(23-25-42)37-14-5-4-6-15-37/h3-8,13-16,18-20,22-27,33-34,40,45,50-52,58-59H,1,9-12,17,21,28-32,35-36H2,2H3. The summed E-state index contributed by atoms with van der Waals surface area (Å²) in [6, 6.07) is 37.7. The number of oxime groups is 1. The SMILES string of the molecule is C=CCOC12Oc3ccc(Oc4ccc(-c5ccccc5)cc4)cc3C3C(CCCCO)C(CCCCO)C=C(C(=NOC)CC1N(Cc1cccc4ccccc14)C(=O)OCCCl)C32. The first-order valence-electron chi connectivity index (χ1n) is 22.8. The number of hydrogen-bond acceptors (Lipinski definition) is 9. The second-order valence-electron chi connectivity index (χ2n) is 17.0. The first-order valence-corrected chi connectivity index (χ1v) is 23.4. The molecule has 65 heavy (non-hydrogen) atoms. The number of amides is 1. The number of allylic oxidation sites excluding steroid dienone is 1. The van der Waals surface area contributed by atoms with E-state index in [9.17, 15) is 15.0 Å². The van der Waals surface area contributed by atoms with Crippen molar-refractivity contribution in [1.29, 1.82) is 0 Å². The molecule has 3 aliphatic rings. The number of ether oxygens (including phenoxy) is 4. The maximum atomic E-state index is 14.7. The van der Waals surface area contributed by atoms with Crippen LogP contribution in [0.15, 0.2) is 145 Å². The first-order chi connectivity index (χ1) is 31.9. The lowest BCUT2D eigenvalue weighted by Crippen LogP contribution is -2.70. The maximum absolute atomic E-state index is 14.7. The third-order valence-corrected chi connectivity index (χ3v) is 13.3. The van der Waals surface area contributed by atoms with Crippen molar-refractivity contribution in [3.63, 3.8) is 0 Å². The highest BCUT2D eigenvalue weighted by molar-refractivity contribution is 6.18. The van der Waals surface area contributed by atoms with Crippen molar-refractivity contribution in [3.05, 3.63) is 151 Å². The van der Waals surface area contributed by atoms with Crippen molar-refractivity contribution in [2.45, 2.75) is 69.2 Å². The number of carbonyl (C=O) groups is 1. The van der Waals surface area contributed by atoms with Gasteiger partial charge in [-0.15, -0.1) is 18.2 Å². The van der Waals surface area contributed by atoms with E-state index in [1.807, 2.05) is 66.7 Å². The van der Waals surface area contributed by atoms with Crippen molar-refractivity contribution in [1.82, 2.24) is 4.90 Å². The van der Waals surface area contributed by atoms with Crippen LogP contribution in [0, 0.1) is 17.8 Å². The average molecular weight is 900 g/mol. The number of aliphatic hydroxyl groups is 2. The van der Waals surface area contributed by atoms with E-state index in [1.165, 1.54) is 0 Å². The number of hydrogen-bond donors (Lipinski definition) is 2.